The van der Waals surface area contributed by atoms with Gasteiger partial charge in [0.2, 0.25) is 0 Å². The molecule has 4 heterocycles. The van der Waals surface area contributed by atoms with Gasteiger partial charge < -0.3 is 9.47 Å². The van der Waals surface area contributed by atoms with Crippen LogP contribution in [-0.4, -0.2) is 45.5 Å². The lowest BCUT2D eigenvalue weighted by Gasteiger charge is -2.28. The van der Waals surface area contributed by atoms with E-state index in [1.54, 1.807) is 12.4 Å². The summed E-state index contributed by atoms with van der Waals surface area (Å²) in [4.78, 5) is 23.8. The summed E-state index contributed by atoms with van der Waals surface area (Å²) in [5.74, 6) is 0.669. The largest absolute Gasteiger partial charge is 0.339 e. The standard InChI is InChI=1S/C22H27N5OS/c1-26-13-8-17(9-14-26)4-5-19-16-29-22(24-19)25-21(28)20-3-2-12-27(20)15-18-6-10-23-11-7-18/h2-3,6-7,10-12,16-17H,4-5,8-9,13-15H2,1H3,(H,24,25,28). The predicted octanol–water partition coefficient (Wildman–Crippen LogP) is 3.91. The van der Waals surface area contributed by atoms with E-state index in [0.29, 0.717) is 17.4 Å². The van der Waals surface area contributed by atoms with Crippen LogP contribution in [0.15, 0.2) is 48.2 Å². The van der Waals surface area contributed by atoms with Gasteiger partial charge in [-0.3, -0.25) is 15.1 Å². The molecular formula is C22H27N5OS. The van der Waals surface area contributed by atoms with Gasteiger partial charge in [-0.2, -0.15) is 0 Å². The summed E-state index contributed by atoms with van der Waals surface area (Å²) in [6, 6.07) is 7.65. The molecule has 1 amide bonds. The van der Waals surface area contributed by atoms with Crippen LogP contribution in [0.5, 0.6) is 0 Å². The number of rotatable bonds is 7. The topological polar surface area (TPSA) is 63.1 Å². The van der Waals surface area contributed by atoms with Crippen molar-refractivity contribution in [3.8, 4) is 0 Å². The van der Waals surface area contributed by atoms with Gasteiger partial charge in [0.1, 0.15) is 5.69 Å². The maximum atomic E-state index is 12.7. The molecule has 1 N–H and O–H groups in total. The summed E-state index contributed by atoms with van der Waals surface area (Å²) in [7, 11) is 2.19. The first-order chi connectivity index (χ1) is 14.2. The number of likely N-dealkylation sites (tertiary alicyclic amines) is 1. The molecule has 0 bridgehead atoms. The number of hydrogen-bond acceptors (Lipinski definition) is 5. The number of thiazole rings is 1. The Kier molecular flexibility index (Phi) is 6.36. The highest BCUT2D eigenvalue weighted by Crippen LogP contribution is 2.23. The van der Waals surface area contributed by atoms with Crippen LogP contribution in [0, 0.1) is 5.92 Å². The number of nitrogens with zero attached hydrogens (tertiary/aromatic N) is 4. The third-order valence-electron chi connectivity index (χ3n) is 5.58. The number of piperidine rings is 1. The number of carbonyl (C=O) groups excluding carboxylic acids is 1. The van der Waals surface area contributed by atoms with Gasteiger partial charge in [-0.15, -0.1) is 11.3 Å². The molecule has 29 heavy (non-hydrogen) atoms. The predicted molar refractivity (Wildman–Crippen MR) is 116 cm³/mol. The first-order valence-electron chi connectivity index (χ1n) is 10.2. The van der Waals surface area contributed by atoms with Crippen molar-refractivity contribution in [2.24, 2.45) is 5.92 Å². The summed E-state index contributed by atoms with van der Waals surface area (Å²) >= 11 is 1.50. The Hall–Kier alpha value is -2.51. The van der Waals surface area contributed by atoms with Crippen molar-refractivity contribution < 1.29 is 4.79 Å². The second-order valence-corrected chi connectivity index (χ2v) is 8.62. The van der Waals surface area contributed by atoms with Gasteiger partial charge in [0.05, 0.1) is 5.69 Å². The van der Waals surface area contributed by atoms with Gasteiger partial charge in [0.15, 0.2) is 5.13 Å². The van der Waals surface area contributed by atoms with Crippen molar-refractivity contribution in [2.45, 2.75) is 32.2 Å². The summed E-state index contributed by atoms with van der Waals surface area (Å²) in [6.07, 6.45) is 10.2. The van der Waals surface area contributed by atoms with Crippen molar-refractivity contribution in [3.63, 3.8) is 0 Å². The molecule has 0 unspecified atom stereocenters. The number of amides is 1. The van der Waals surface area contributed by atoms with Crippen LogP contribution in [0.25, 0.3) is 0 Å². The van der Waals surface area contributed by atoms with E-state index in [-0.39, 0.29) is 5.91 Å². The molecule has 0 saturated carbocycles. The number of anilines is 1. The van der Waals surface area contributed by atoms with Crippen LogP contribution in [0.1, 0.15) is 41.0 Å². The van der Waals surface area contributed by atoms with Crippen molar-refractivity contribution in [2.75, 3.05) is 25.5 Å². The maximum absolute atomic E-state index is 12.7. The monoisotopic (exact) mass is 409 g/mol. The van der Waals surface area contributed by atoms with Crippen molar-refractivity contribution in [1.82, 2.24) is 19.4 Å². The molecule has 152 valence electrons. The Morgan fingerprint density at radius 1 is 1.24 bits per heavy atom. The van der Waals surface area contributed by atoms with Crippen LogP contribution in [0.2, 0.25) is 0 Å². The average Bonchev–Trinajstić information content (AvgIpc) is 3.38. The second-order valence-electron chi connectivity index (χ2n) is 7.76. The minimum absolute atomic E-state index is 0.125. The molecule has 3 aromatic heterocycles. The number of aromatic nitrogens is 3. The van der Waals surface area contributed by atoms with Crippen molar-refractivity contribution in [1.29, 1.82) is 0 Å². The molecule has 0 atom stereocenters. The molecule has 4 rings (SSSR count). The van der Waals surface area contributed by atoms with Gasteiger partial charge in [-0.1, -0.05) is 0 Å². The van der Waals surface area contributed by atoms with E-state index in [2.05, 4.69) is 32.6 Å². The lowest BCUT2D eigenvalue weighted by Crippen LogP contribution is -2.30. The SMILES string of the molecule is CN1CCC(CCc2csc(NC(=O)c3cccn3Cc3ccncc3)n2)CC1. The third kappa shape index (κ3) is 5.31. The Morgan fingerprint density at radius 2 is 2.03 bits per heavy atom. The molecule has 1 aliphatic heterocycles. The van der Waals surface area contributed by atoms with E-state index >= 15 is 0 Å². The first-order valence-corrected chi connectivity index (χ1v) is 11.0. The van der Waals surface area contributed by atoms with Gasteiger partial charge in [-0.25, -0.2) is 4.98 Å². The lowest BCUT2D eigenvalue weighted by molar-refractivity contribution is 0.101. The molecule has 0 radical (unpaired) electrons. The minimum Gasteiger partial charge on any atom is -0.339 e. The molecule has 0 aliphatic carbocycles. The fraction of sp³-hybridized carbons (Fsp3) is 0.409. The van der Waals surface area contributed by atoms with E-state index in [1.807, 2.05) is 35.0 Å². The van der Waals surface area contributed by atoms with Gasteiger partial charge in [0.25, 0.3) is 5.91 Å². The zero-order valence-electron chi connectivity index (χ0n) is 16.8. The molecule has 1 fully saturated rings. The van der Waals surface area contributed by atoms with Gasteiger partial charge in [0, 0.05) is 30.5 Å². The molecule has 0 spiro atoms. The van der Waals surface area contributed by atoms with Gasteiger partial charge in [-0.05, 0) is 81.6 Å². The quantitative estimate of drug-likeness (QED) is 0.643. The Morgan fingerprint density at radius 3 is 2.83 bits per heavy atom. The van der Waals surface area contributed by atoms with E-state index in [4.69, 9.17) is 0 Å². The molecule has 7 heteroatoms. The minimum atomic E-state index is -0.125. The summed E-state index contributed by atoms with van der Waals surface area (Å²) in [6.45, 7) is 3.03. The zero-order valence-corrected chi connectivity index (χ0v) is 17.6. The lowest BCUT2D eigenvalue weighted by atomic mass is 9.92. The molecule has 6 nitrogen and oxygen atoms in total. The first kappa shape index (κ1) is 19.8. The zero-order chi connectivity index (χ0) is 20.1. The molecular weight excluding hydrogens is 382 g/mol. The fourth-order valence-corrected chi connectivity index (χ4v) is 4.53. The van der Waals surface area contributed by atoms with Crippen molar-refractivity contribution >= 4 is 22.4 Å². The molecule has 3 aromatic rings. The van der Waals surface area contributed by atoms with Gasteiger partial charge >= 0.3 is 0 Å². The molecule has 1 saturated heterocycles. The van der Waals surface area contributed by atoms with Crippen LogP contribution >= 0.6 is 11.3 Å². The molecule has 1 aliphatic rings. The number of carbonyl (C=O) groups is 1. The highest BCUT2D eigenvalue weighted by Gasteiger charge is 2.17. The van der Waals surface area contributed by atoms with Crippen LogP contribution in [0.4, 0.5) is 5.13 Å². The average molecular weight is 410 g/mol. The number of nitrogens with one attached hydrogen (secondary N) is 1. The highest BCUT2D eigenvalue weighted by molar-refractivity contribution is 7.13. The Balaban J connectivity index is 1.32. The van der Waals surface area contributed by atoms with E-state index in [0.717, 1.165) is 23.6 Å². The normalized spacial score (nSPS) is 15.5. The van der Waals surface area contributed by atoms with E-state index < -0.39 is 0 Å². The second kappa shape index (κ2) is 9.33. The summed E-state index contributed by atoms with van der Waals surface area (Å²) in [5, 5.41) is 5.70. The van der Waals surface area contributed by atoms with Crippen molar-refractivity contribution in [3.05, 3.63) is 65.2 Å². The van der Waals surface area contributed by atoms with E-state index in [9.17, 15) is 4.79 Å². The Bertz CT molecular complexity index is 928. The summed E-state index contributed by atoms with van der Waals surface area (Å²) < 4.78 is 1.94. The smallest absolute Gasteiger partial charge is 0.274 e. The number of aryl methyl sites for hydroxylation is 1. The van der Waals surface area contributed by atoms with Crippen LogP contribution in [0.3, 0.4) is 0 Å². The summed E-state index contributed by atoms with van der Waals surface area (Å²) in [5.41, 5.74) is 2.82. The third-order valence-corrected chi connectivity index (χ3v) is 6.39. The highest BCUT2D eigenvalue weighted by atomic mass is 32.1. The number of hydrogen-bond donors (Lipinski definition) is 1. The number of pyridine rings is 1. The maximum Gasteiger partial charge on any atom is 0.274 e. The molecule has 0 aromatic carbocycles. The van der Waals surface area contributed by atoms with E-state index in [1.165, 1.54) is 43.7 Å². The van der Waals surface area contributed by atoms with Crippen LogP contribution < -0.4 is 5.32 Å². The fourth-order valence-electron chi connectivity index (χ4n) is 3.79. The van der Waals surface area contributed by atoms with Crippen LogP contribution in [-0.2, 0) is 13.0 Å². The Labute approximate surface area is 175 Å².